The van der Waals surface area contributed by atoms with Gasteiger partial charge in [0.25, 0.3) is 0 Å². The van der Waals surface area contributed by atoms with E-state index in [0.717, 1.165) is 5.69 Å². The number of nitrogen functional groups attached to an aromatic ring is 1. The van der Waals surface area contributed by atoms with Crippen molar-refractivity contribution in [2.24, 2.45) is 0 Å². The van der Waals surface area contributed by atoms with Gasteiger partial charge in [0.05, 0.1) is 0 Å². The largest absolute Gasteiger partial charge is 0.399 e. The highest BCUT2D eigenvalue weighted by molar-refractivity contribution is 5.38. The number of rotatable bonds is 0. The molecule has 0 bridgehead atoms. The van der Waals surface area contributed by atoms with Crippen molar-refractivity contribution in [3.8, 4) is 0 Å². The van der Waals surface area contributed by atoms with Crippen molar-refractivity contribution in [2.45, 2.75) is 48.5 Å². The molecule has 0 fully saturated rings. The molecule has 1 aromatic carbocycles. The van der Waals surface area contributed by atoms with Crippen molar-refractivity contribution in [1.82, 2.24) is 0 Å². The van der Waals surface area contributed by atoms with Gasteiger partial charge in [-0.15, -0.1) is 0 Å². The Balaban J connectivity index is -0.0000000755. The molecule has 0 aliphatic carbocycles. The minimum atomic E-state index is 0. The summed E-state index contributed by atoms with van der Waals surface area (Å²) in [4.78, 5) is 0. The van der Waals surface area contributed by atoms with Crippen LogP contribution in [0.25, 0.3) is 0 Å². The molecular formula is C13H29N. The summed E-state index contributed by atoms with van der Waals surface area (Å²) in [5, 5.41) is 0. The van der Waals surface area contributed by atoms with Gasteiger partial charge < -0.3 is 5.73 Å². The lowest BCUT2D eigenvalue weighted by molar-refractivity contribution is 1.47. The van der Waals surface area contributed by atoms with Crippen molar-refractivity contribution in [2.75, 3.05) is 5.73 Å². The molecule has 1 nitrogen and oxygen atoms in total. The molecule has 0 saturated carbocycles. The number of aryl methyl sites for hydroxylation is 1. The molecule has 0 aromatic heterocycles. The zero-order chi connectivity index (χ0) is 12.0. The Morgan fingerprint density at radius 1 is 0.786 bits per heavy atom. The Bertz CT molecular complexity index is 149. The molecule has 86 valence electrons. The maximum atomic E-state index is 5.43. The van der Waals surface area contributed by atoms with Crippen LogP contribution in [0.4, 0.5) is 5.69 Å². The molecule has 0 atom stereocenters. The quantitative estimate of drug-likeness (QED) is 0.592. The maximum absolute atomic E-state index is 5.43. The minimum Gasteiger partial charge on any atom is -0.399 e. The molecule has 1 aromatic rings. The number of hydrogen-bond donors (Lipinski definition) is 1. The van der Waals surface area contributed by atoms with Crippen molar-refractivity contribution >= 4 is 5.69 Å². The highest BCUT2D eigenvalue weighted by Crippen LogP contribution is 2.02. The highest BCUT2D eigenvalue weighted by atomic mass is 14.5. The third kappa shape index (κ3) is 13.6. The molecule has 1 heteroatoms. The van der Waals surface area contributed by atoms with Crippen LogP contribution in [0.3, 0.4) is 0 Å². The van der Waals surface area contributed by atoms with Gasteiger partial charge in [-0.3, -0.25) is 0 Å². The van der Waals surface area contributed by atoms with Crippen LogP contribution in [0.15, 0.2) is 24.3 Å². The van der Waals surface area contributed by atoms with E-state index < -0.39 is 0 Å². The van der Waals surface area contributed by atoms with E-state index in [0.29, 0.717) is 0 Å². The lowest BCUT2D eigenvalue weighted by atomic mass is 10.2. The standard InChI is InChI=1S/C7H9N.3C2H6.H2/c1-6-2-4-7(8)5-3-6;3*1-2;/h2-5H,8H2,1H3;3*1-2H3;1H/i;;;;1+1. The van der Waals surface area contributed by atoms with Gasteiger partial charge in [0, 0.05) is 7.11 Å². The normalized spacial score (nSPS) is 6.50. The lowest BCUT2D eigenvalue weighted by Gasteiger charge is -1.90. The first kappa shape index (κ1) is 18.7. The van der Waals surface area contributed by atoms with Crippen LogP contribution in [0.5, 0.6) is 0 Å². The highest BCUT2D eigenvalue weighted by Gasteiger charge is 1.80. The summed E-state index contributed by atoms with van der Waals surface area (Å²) < 4.78 is 0. The molecule has 0 amide bonds. The second kappa shape index (κ2) is 17.9. The van der Waals surface area contributed by atoms with E-state index in [-0.39, 0.29) is 1.43 Å². The molecule has 0 spiro atoms. The van der Waals surface area contributed by atoms with E-state index in [4.69, 9.17) is 5.73 Å². The maximum Gasteiger partial charge on any atom is 0.0314 e. The van der Waals surface area contributed by atoms with Crippen molar-refractivity contribution < 1.29 is 1.43 Å². The fourth-order valence-corrected chi connectivity index (χ4v) is 0.566. The Labute approximate surface area is 91.8 Å². The molecule has 0 radical (unpaired) electrons. The first-order chi connectivity index (χ1) is 6.79. The molecule has 0 aliphatic rings. The second-order valence-electron chi connectivity index (χ2n) is 1.91. The van der Waals surface area contributed by atoms with Crippen LogP contribution in [-0.4, -0.2) is 0 Å². The smallest absolute Gasteiger partial charge is 0.0314 e. The summed E-state index contributed by atoms with van der Waals surface area (Å²) in [5.41, 5.74) is 7.51. The molecule has 0 heterocycles. The van der Waals surface area contributed by atoms with Crippen LogP contribution in [0, 0.1) is 6.92 Å². The Morgan fingerprint density at radius 3 is 1.29 bits per heavy atom. The van der Waals surface area contributed by atoms with E-state index in [1.165, 1.54) is 5.56 Å². The fourth-order valence-electron chi connectivity index (χ4n) is 0.566. The van der Waals surface area contributed by atoms with Gasteiger partial charge >= 0.3 is 0 Å². The van der Waals surface area contributed by atoms with Gasteiger partial charge in [0.1, 0.15) is 0 Å². The molecule has 0 saturated heterocycles. The molecule has 0 unspecified atom stereocenters. The van der Waals surface area contributed by atoms with Crippen LogP contribution < -0.4 is 5.73 Å². The first-order valence-electron chi connectivity index (χ1n) is 5.61. The predicted octanol–water partition coefficient (Wildman–Crippen LogP) is 4.90. The van der Waals surface area contributed by atoms with Crippen molar-refractivity contribution in [3.05, 3.63) is 29.8 Å². The topological polar surface area (TPSA) is 26.0 Å². The Hall–Kier alpha value is -0.980. The van der Waals surface area contributed by atoms with Gasteiger partial charge in [0.2, 0.25) is 0 Å². The zero-order valence-electron chi connectivity index (χ0n) is 10.9. The van der Waals surface area contributed by atoms with Gasteiger partial charge in [-0.2, -0.15) is 0 Å². The SMILES string of the molecule is CC.CC.CC.Cc1ccc(N)cc1.[2HH]. The molecule has 2 N–H and O–H groups in total. The Kier molecular flexibility index (Phi) is 24.0. The molecule has 1 rings (SSSR count). The third-order valence-electron chi connectivity index (χ3n) is 1.08. The average Bonchev–Trinajstić information content (AvgIpc) is 2.31. The van der Waals surface area contributed by atoms with Crippen LogP contribution in [0.2, 0.25) is 0 Å². The summed E-state index contributed by atoms with van der Waals surface area (Å²) in [7, 11) is 0. The van der Waals surface area contributed by atoms with Crippen molar-refractivity contribution in [3.63, 3.8) is 0 Å². The third-order valence-corrected chi connectivity index (χ3v) is 1.08. The predicted molar refractivity (Wildman–Crippen MR) is 71.7 cm³/mol. The van der Waals surface area contributed by atoms with E-state index in [2.05, 4.69) is 0 Å². The van der Waals surface area contributed by atoms with E-state index in [1.54, 1.807) is 0 Å². The summed E-state index contributed by atoms with van der Waals surface area (Å²) in [6, 6.07) is 7.79. The number of benzene rings is 1. The monoisotopic (exact) mass is 200 g/mol. The summed E-state index contributed by atoms with van der Waals surface area (Å²) in [5.74, 6) is 0. The molecular weight excluding hydrogens is 170 g/mol. The average molecular weight is 200 g/mol. The van der Waals surface area contributed by atoms with Gasteiger partial charge in [-0.05, 0) is 19.1 Å². The zero-order valence-corrected chi connectivity index (χ0v) is 10.9. The minimum absolute atomic E-state index is 0. The second-order valence-corrected chi connectivity index (χ2v) is 1.91. The molecule has 0 aliphatic heterocycles. The Morgan fingerprint density at radius 2 is 1.07 bits per heavy atom. The van der Waals surface area contributed by atoms with Gasteiger partial charge in [-0.25, -0.2) is 0 Å². The van der Waals surface area contributed by atoms with E-state index >= 15 is 0 Å². The van der Waals surface area contributed by atoms with Crippen LogP contribution >= 0.6 is 0 Å². The van der Waals surface area contributed by atoms with Gasteiger partial charge in [-0.1, -0.05) is 59.2 Å². The fraction of sp³-hybridized carbons (Fsp3) is 0.538. The summed E-state index contributed by atoms with van der Waals surface area (Å²) in [6.45, 7) is 14.0. The van der Waals surface area contributed by atoms with Crippen LogP contribution in [0.1, 0.15) is 48.5 Å². The van der Waals surface area contributed by atoms with E-state index in [1.807, 2.05) is 72.7 Å². The number of nitrogens with two attached hydrogens (primary N) is 1. The first-order valence-corrected chi connectivity index (χ1v) is 5.61. The number of anilines is 1. The van der Waals surface area contributed by atoms with Crippen molar-refractivity contribution in [1.29, 1.82) is 0 Å². The molecule has 14 heavy (non-hydrogen) atoms. The lowest BCUT2D eigenvalue weighted by Crippen LogP contribution is -1.81. The van der Waals surface area contributed by atoms with E-state index in [9.17, 15) is 0 Å². The summed E-state index contributed by atoms with van der Waals surface area (Å²) >= 11 is 0. The summed E-state index contributed by atoms with van der Waals surface area (Å²) in [6.07, 6.45) is 0. The number of hydrogen-bond acceptors (Lipinski definition) is 1. The van der Waals surface area contributed by atoms with Gasteiger partial charge in [0.15, 0.2) is 0 Å². The van der Waals surface area contributed by atoms with Crippen LogP contribution in [-0.2, 0) is 0 Å².